The van der Waals surface area contributed by atoms with E-state index < -0.39 is 16.8 Å². The fourth-order valence-electron chi connectivity index (χ4n) is 2.42. The van der Waals surface area contributed by atoms with E-state index in [1.807, 2.05) is 25.1 Å². The lowest BCUT2D eigenvalue weighted by Gasteiger charge is -2.30. The molecule has 0 saturated carbocycles. The summed E-state index contributed by atoms with van der Waals surface area (Å²) in [6.07, 6.45) is 0.941. The third-order valence-corrected chi connectivity index (χ3v) is 4.99. The second-order valence-electron chi connectivity index (χ2n) is 5.30. The van der Waals surface area contributed by atoms with E-state index >= 15 is 0 Å². The van der Waals surface area contributed by atoms with Crippen LogP contribution in [0.25, 0.3) is 0 Å². The van der Waals surface area contributed by atoms with E-state index in [4.69, 9.17) is 5.11 Å². The van der Waals surface area contributed by atoms with Crippen molar-refractivity contribution in [3.8, 4) is 0 Å². The standard InChI is InChI=1S/C15H19NO4S/c1-11-3-2-4-13(9-11)21(20)10-14(17)16-7-5-12(6-8-16)15(18)19/h2-4,9,12H,5-8,10H2,1H3,(H,18,19). The van der Waals surface area contributed by atoms with E-state index in [0.717, 1.165) is 5.56 Å². The first-order valence-corrected chi connectivity index (χ1v) is 8.25. The molecule has 1 amide bonds. The van der Waals surface area contributed by atoms with Crippen LogP contribution in [0.4, 0.5) is 0 Å². The number of benzene rings is 1. The number of piperidine rings is 1. The minimum absolute atomic E-state index is 0.0405. The number of rotatable bonds is 4. The highest BCUT2D eigenvalue weighted by atomic mass is 32.2. The maximum absolute atomic E-state index is 12.2. The minimum Gasteiger partial charge on any atom is -0.481 e. The van der Waals surface area contributed by atoms with E-state index in [0.29, 0.717) is 30.8 Å². The molecule has 2 rings (SSSR count). The van der Waals surface area contributed by atoms with Crippen molar-refractivity contribution in [3.05, 3.63) is 29.8 Å². The van der Waals surface area contributed by atoms with Gasteiger partial charge < -0.3 is 10.0 Å². The summed E-state index contributed by atoms with van der Waals surface area (Å²) < 4.78 is 12.2. The van der Waals surface area contributed by atoms with Gasteiger partial charge >= 0.3 is 5.97 Å². The summed E-state index contributed by atoms with van der Waals surface area (Å²) in [7, 11) is -1.35. The molecule has 114 valence electrons. The number of amides is 1. The number of likely N-dealkylation sites (tertiary alicyclic amines) is 1. The minimum atomic E-state index is -1.35. The van der Waals surface area contributed by atoms with E-state index in [9.17, 15) is 13.8 Å². The first-order chi connectivity index (χ1) is 9.97. The van der Waals surface area contributed by atoms with Gasteiger partial charge in [-0.3, -0.25) is 13.8 Å². The molecule has 1 aromatic carbocycles. The van der Waals surface area contributed by atoms with Crippen molar-refractivity contribution in [2.45, 2.75) is 24.7 Å². The molecule has 1 aliphatic rings. The van der Waals surface area contributed by atoms with Gasteiger partial charge in [0.25, 0.3) is 0 Å². The summed E-state index contributed by atoms with van der Waals surface area (Å²) in [6.45, 7) is 2.78. The molecule has 1 heterocycles. The average molecular weight is 309 g/mol. The van der Waals surface area contributed by atoms with Crippen molar-refractivity contribution in [2.75, 3.05) is 18.8 Å². The lowest BCUT2D eigenvalue weighted by molar-refractivity contribution is -0.145. The molecule has 1 aromatic rings. The van der Waals surface area contributed by atoms with Gasteiger partial charge in [-0.25, -0.2) is 0 Å². The largest absolute Gasteiger partial charge is 0.481 e. The van der Waals surface area contributed by atoms with E-state index in [2.05, 4.69) is 0 Å². The summed E-state index contributed by atoms with van der Waals surface area (Å²) in [5.41, 5.74) is 1.01. The number of aryl methyl sites for hydroxylation is 1. The maximum atomic E-state index is 12.2. The lowest BCUT2D eigenvalue weighted by atomic mass is 9.97. The van der Waals surface area contributed by atoms with Crippen molar-refractivity contribution in [3.63, 3.8) is 0 Å². The Morgan fingerprint density at radius 1 is 1.33 bits per heavy atom. The predicted octanol–water partition coefficient (Wildman–Crippen LogP) is 1.43. The first-order valence-electron chi connectivity index (χ1n) is 6.93. The Balaban J connectivity index is 1.90. The Morgan fingerprint density at radius 3 is 2.57 bits per heavy atom. The Bertz CT molecular complexity index is 565. The SMILES string of the molecule is Cc1cccc(S(=O)CC(=O)N2CCC(C(=O)O)CC2)c1. The van der Waals surface area contributed by atoms with Crippen LogP contribution in [0.1, 0.15) is 18.4 Å². The van der Waals surface area contributed by atoms with Crippen molar-refractivity contribution < 1.29 is 18.9 Å². The van der Waals surface area contributed by atoms with Crippen molar-refractivity contribution in [2.24, 2.45) is 5.92 Å². The summed E-state index contributed by atoms with van der Waals surface area (Å²) in [4.78, 5) is 25.3. The molecule has 1 fully saturated rings. The molecule has 21 heavy (non-hydrogen) atoms. The van der Waals surface area contributed by atoms with Crippen molar-refractivity contribution in [1.29, 1.82) is 0 Å². The van der Waals surface area contributed by atoms with Gasteiger partial charge in [0.05, 0.1) is 16.7 Å². The quantitative estimate of drug-likeness (QED) is 0.913. The van der Waals surface area contributed by atoms with Crippen LogP contribution in [-0.4, -0.2) is 44.9 Å². The van der Waals surface area contributed by atoms with E-state index in [1.165, 1.54) is 0 Å². The number of nitrogens with zero attached hydrogens (tertiary/aromatic N) is 1. The van der Waals surface area contributed by atoms with E-state index in [1.54, 1.807) is 11.0 Å². The molecule has 0 aliphatic carbocycles. The fourth-order valence-corrected chi connectivity index (χ4v) is 3.54. The number of hydrogen-bond acceptors (Lipinski definition) is 3. The first kappa shape index (κ1) is 15.7. The third kappa shape index (κ3) is 4.14. The molecule has 1 unspecified atom stereocenters. The number of carboxylic acid groups (broad SMARTS) is 1. The molecule has 1 atom stereocenters. The maximum Gasteiger partial charge on any atom is 0.306 e. The summed E-state index contributed by atoms with van der Waals surface area (Å²) in [5.74, 6) is -1.37. The van der Waals surface area contributed by atoms with Crippen LogP contribution >= 0.6 is 0 Å². The molecule has 1 saturated heterocycles. The molecule has 0 bridgehead atoms. The summed E-state index contributed by atoms with van der Waals surface area (Å²) >= 11 is 0. The monoisotopic (exact) mass is 309 g/mol. The van der Waals surface area contributed by atoms with Crippen molar-refractivity contribution in [1.82, 2.24) is 4.90 Å². The Morgan fingerprint density at radius 2 is 2.00 bits per heavy atom. The summed E-state index contributed by atoms with van der Waals surface area (Å²) in [6, 6.07) is 7.32. The van der Waals surface area contributed by atoms with Crippen LogP contribution in [0.5, 0.6) is 0 Å². The normalized spacial score (nSPS) is 17.5. The molecule has 1 N–H and O–H groups in total. The van der Waals surface area contributed by atoms with Gasteiger partial charge in [0.2, 0.25) is 5.91 Å². The van der Waals surface area contributed by atoms with Gasteiger partial charge in [-0.15, -0.1) is 0 Å². The van der Waals surface area contributed by atoms with Crippen molar-refractivity contribution >= 4 is 22.7 Å². The van der Waals surface area contributed by atoms with Crippen LogP contribution in [0, 0.1) is 12.8 Å². The zero-order chi connectivity index (χ0) is 15.4. The third-order valence-electron chi connectivity index (χ3n) is 3.70. The second kappa shape index (κ2) is 6.85. The zero-order valence-electron chi connectivity index (χ0n) is 11.9. The van der Waals surface area contributed by atoms with Gasteiger partial charge in [0.1, 0.15) is 5.75 Å². The summed E-state index contributed by atoms with van der Waals surface area (Å²) in [5, 5.41) is 8.93. The topological polar surface area (TPSA) is 74.7 Å². The van der Waals surface area contributed by atoms with Crippen LogP contribution in [0.3, 0.4) is 0 Å². The molecule has 0 aromatic heterocycles. The lowest BCUT2D eigenvalue weighted by Crippen LogP contribution is -2.42. The van der Waals surface area contributed by atoms with Crippen LogP contribution in [0.15, 0.2) is 29.2 Å². The van der Waals surface area contributed by atoms with E-state index in [-0.39, 0.29) is 17.6 Å². The molecule has 5 nitrogen and oxygen atoms in total. The number of aliphatic carboxylic acids is 1. The second-order valence-corrected chi connectivity index (χ2v) is 6.75. The van der Waals surface area contributed by atoms with Gasteiger partial charge in [0.15, 0.2) is 0 Å². The van der Waals surface area contributed by atoms with Gasteiger partial charge in [-0.05, 0) is 37.5 Å². The predicted molar refractivity (Wildman–Crippen MR) is 79.4 cm³/mol. The Labute approximate surface area is 126 Å². The highest BCUT2D eigenvalue weighted by Gasteiger charge is 2.27. The number of carbonyl (C=O) groups is 2. The molecular weight excluding hydrogens is 290 g/mol. The van der Waals surface area contributed by atoms with Gasteiger partial charge in [-0.1, -0.05) is 12.1 Å². The Hall–Kier alpha value is -1.69. The number of carbonyl (C=O) groups excluding carboxylic acids is 1. The molecule has 1 aliphatic heterocycles. The molecule has 0 spiro atoms. The zero-order valence-corrected chi connectivity index (χ0v) is 12.8. The molecular formula is C15H19NO4S. The van der Waals surface area contributed by atoms with Gasteiger partial charge in [-0.2, -0.15) is 0 Å². The highest BCUT2D eigenvalue weighted by molar-refractivity contribution is 7.85. The molecule has 6 heteroatoms. The molecule has 0 radical (unpaired) electrons. The number of hydrogen-bond donors (Lipinski definition) is 1. The van der Waals surface area contributed by atoms with Crippen LogP contribution in [-0.2, 0) is 20.4 Å². The van der Waals surface area contributed by atoms with Crippen LogP contribution < -0.4 is 0 Å². The fraction of sp³-hybridized carbons (Fsp3) is 0.467. The smallest absolute Gasteiger partial charge is 0.306 e. The average Bonchev–Trinajstić information content (AvgIpc) is 2.47. The van der Waals surface area contributed by atoms with Crippen LogP contribution in [0.2, 0.25) is 0 Å². The number of carboxylic acids is 1. The Kier molecular flexibility index (Phi) is 5.12. The van der Waals surface area contributed by atoms with Gasteiger partial charge in [0, 0.05) is 18.0 Å². The highest BCUT2D eigenvalue weighted by Crippen LogP contribution is 2.18.